The minimum atomic E-state index is -0.934. The second-order valence-corrected chi connectivity index (χ2v) is 9.49. The zero-order valence-electron chi connectivity index (χ0n) is 19.5. The summed E-state index contributed by atoms with van der Waals surface area (Å²) in [5.74, 6) is 1.44. The first-order valence-corrected chi connectivity index (χ1v) is 12.1. The monoisotopic (exact) mass is 482 g/mol. The van der Waals surface area contributed by atoms with Gasteiger partial charge in [0, 0.05) is 29.2 Å². The number of carboxylic acid groups (broad SMARTS) is 1. The van der Waals surface area contributed by atoms with Gasteiger partial charge >= 0.3 is 5.97 Å². The third-order valence-corrected chi connectivity index (χ3v) is 7.47. The summed E-state index contributed by atoms with van der Waals surface area (Å²) < 4.78 is 5.36. The van der Waals surface area contributed by atoms with Crippen LogP contribution in [-0.2, 0) is 0 Å². The number of aliphatic hydroxyl groups is 1. The number of pyridine rings is 1. The number of methoxy groups -OCH3 is 1. The Morgan fingerprint density at radius 2 is 2.00 bits per heavy atom. The number of halogens is 1. The van der Waals surface area contributed by atoms with Gasteiger partial charge in [-0.15, -0.1) is 0 Å². The van der Waals surface area contributed by atoms with Crippen LogP contribution >= 0.6 is 11.6 Å². The molecular formula is C27H31ClN2O4. The summed E-state index contributed by atoms with van der Waals surface area (Å²) >= 11 is 5.52. The van der Waals surface area contributed by atoms with Crippen molar-refractivity contribution in [3.05, 3.63) is 70.9 Å². The van der Waals surface area contributed by atoms with Gasteiger partial charge in [0.2, 0.25) is 0 Å². The number of aromatic nitrogens is 1. The molecule has 1 aromatic heterocycles. The SMILES string of the molecule is CC[C@@H]1CN2CCC1C[C@H]2C(O)c1ccnc2ccc(OC)cc12.O=C(O)c1ccc(Cl)cc1. The van der Waals surface area contributed by atoms with Gasteiger partial charge in [-0.3, -0.25) is 9.88 Å². The van der Waals surface area contributed by atoms with E-state index in [4.69, 9.17) is 21.4 Å². The molecule has 5 atom stereocenters. The average Bonchev–Trinajstić information content (AvgIpc) is 2.88. The van der Waals surface area contributed by atoms with Crippen LogP contribution in [0, 0.1) is 11.8 Å². The van der Waals surface area contributed by atoms with Crippen LogP contribution in [0.2, 0.25) is 5.02 Å². The number of carboxylic acids is 1. The van der Waals surface area contributed by atoms with Crippen molar-refractivity contribution in [2.45, 2.75) is 38.3 Å². The lowest BCUT2D eigenvalue weighted by atomic mass is 9.72. The molecule has 0 radical (unpaired) electrons. The Bertz CT molecular complexity index is 1140. The number of aliphatic hydroxyl groups excluding tert-OH is 1. The standard InChI is InChI=1S/C20H26N2O2.C7H5ClO2/c1-3-13-12-22-9-7-14(13)10-19(22)20(23)16-6-8-21-18-5-4-15(24-2)11-17(16)18;8-6-3-1-5(2-4-6)7(9)10/h4-6,8,11,13-14,19-20,23H,3,7,9-10,12H2,1-2H3;1-4H,(H,9,10)/t13-,14?,19+,20?;/m1./s1. The number of fused-ring (bicyclic) bond motifs is 4. The smallest absolute Gasteiger partial charge is 0.335 e. The molecular weight excluding hydrogens is 452 g/mol. The second kappa shape index (κ2) is 10.7. The summed E-state index contributed by atoms with van der Waals surface area (Å²) in [6.45, 7) is 4.55. The zero-order chi connectivity index (χ0) is 24.2. The van der Waals surface area contributed by atoms with E-state index < -0.39 is 12.1 Å². The van der Waals surface area contributed by atoms with Crippen molar-refractivity contribution in [1.82, 2.24) is 9.88 Å². The number of rotatable bonds is 5. The van der Waals surface area contributed by atoms with Crippen LogP contribution < -0.4 is 4.74 Å². The fourth-order valence-corrected chi connectivity index (χ4v) is 5.43. The van der Waals surface area contributed by atoms with Crippen molar-refractivity contribution in [1.29, 1.82) is 0 Å². The van der Waals surface area contributed by atoms with Crippen molar-refractivity contribution in [3.8, 4) is 5.75 Å². The topological polar surface area (TPSA) is 82.9 Å². The number of piperidine rings is 3. The Kier molecular flexibility index (Phi) is 7.71. The molecule has 2 aromatic carbocycles. The van der Waals surface area contributed by atoms with Crippen LogP contribution in [0.25, 0.3) is 10.9 Å². The number of aromatic carboxylic acids is 1. The van der Waals surface area contributed by atoms with Crippen molar-refractivity contribution in [2.75, 3.05) is 20.2 Å². The third-order valence-electron chi connectivity index (χ3n) is 7.22. The van der Waals surface area contributed by atoms with Gasteiger partial charge in [-0.25, -0.2) is 4.79 Å². The maximum Gasteiger partial charge on any atom is 0.335 e. The number of nitrogens with zero attached hydrogens (tertiary/aromatic N) is 2. The Hall–Kier alpha value is -2.67. The lowest BCUT2D eigenvalue weighted by molar-refractivity contribution is -0.0562. The van der Waals surface area contributed by atoms with Gasteiger partial charge in [-0.1, -0.05) is 24.9 Å². The highest BCUT2D eigenvalue weighted by Gasteiger charge is 2.42. The van der Waals surface area contributed by atoms with Crippen LogP contribution in [-0.4, -0.2) is 52.3 Å². The molecule has 0 aliphatic carbocycles. The fourth-order valence-electron chi connectivity index (χ4n) is 5.30. The quantitative estimate of drug-likeness (QED) is 0.504. The van der Waals surface area contributed by atoms with E-state index >= 15 is 0 Å². The Balaban J connectivity index is 0.000000231. The Morgan fingerprint density at radius 1 is 1.24 bits per heavy atom. The van der Waals surface area contributed by atoms with Crippen LogP contribution in [0.5, 0.6) is 5.75 Å². The molecule has 3 unspecified atom stereocenters. The maximum absolute atomic E-state index is 11.2. The fraction of sp³-hybridized carbons (Fsp3) is 0.407. The molecule has 180 valence electrons. The minimum absolute atomic E-state index is 0.225. The van der Waals surface area contributed by atoms with Crippen LogP contribution in [0.3, 0.4) is 0 Å². The second-order valence-electron chi connectivity index (χ2n) is 9.06. The summed E-state index contributed by atoms with van der Waals surface area (Å²) in [6.07, 6.45) is 4.97. The molecule has 6 nitrogen and oxygen atoms in total. The predicted molar refractivity (Wildman–Crippen MR) is 134 cm³/mol. The van der Waals surface area contributed by atoms with E-state index in [0.29, 0.717) is 5.02 Å². The molecule has 2 N–H and O–H groups in total. The number of hydrogen-bond acceptors (Lipinski definition) is 5. The van der Waals surface area contributed by atoms with Crippen LogP contribution in [0.4, 0.5) is 0 Å². The number of hydrogen-bond donors (Lipinski definition) is 2. The van der Waals surface area contributed by atoms with E-state index in [9.17, 15) is 9.90 Å². The highest BCUT2D eigenvalue weighted by Crippen LogP contribution is 2.42. The van der Waals surface area contributed by atoms with E-state index in [-0.39, 0.29) is 11.6 Å². The van der Waals surface area contributed by atoms with Crippen molar-refractivity contribution < 1.29 is 19.7 Å². The molecule has 0 spiro atoms. The normalized spacial score (nSPS) is 24.2. The Labute approximate surface area is 205 Å². The lowest BCUT2D eigenvalue weighted by Gasteiger charge is -2.51. The minimum Gasteiger partial charge on any atom is -0.497 e. The summed E-state index contributed by atoms with van der Waals surface area (Å²) in [6, 6.07) is 14.1. The summed E-state index contributed by atoms with van der Waals surface area (Å²) in [5.41, 5.74) is 2.14. The van der Waals surface area contributed by atoms with E-state index in [1.54, 1.807) is 25.4 Å². The van der Waals surface area contributed by atoms with Gasteiger partial charge < -0.3 is 14.9 Å². The molecule has 3 aliphatic rings. The van der Waals surface area contributed by atoms with E-state index in [1.807, 2.05) is 24.3 Å². The number of ether oxygens (including phenoxy) is 1. The first kappa shape index (κ1) is 24.5. The Morgan fingerprint density at radius 3 is 2.62 bits per heavy atom. The molecule has 7 heteroatoms. The molecule has 3 saturated heterocycles. The average molecular weight is 483 g/mol. The molecule has 3 fully saturated rings. The molecule has 3 aromatic rings. The number of carbonyl (C=O) groups is 1. The summed E-state index contributed by atoms with van der Waals surface area (Å²) in [4.78, 5) is 17.2. The molecule has 4 heterocycles. The van der Waals surface area contributed by atoms with Crippen LogP contribution in [0.15, 0.2) is 54.7 Å². The first-order valence-electron chi connectivity index (χ1n) is 11.7. The van der Waals surface area contributed by atoms with E-state index in [2.05, 4.69) is 16.8 Å². The zero-order valence-corrected chi connectivity index (χ0v) is 20.3. The maximum atomic E-state index is 11.2. The van der Waals surface area contributed by atoms with Crippen LogP contribution in [0.1, 0.15) is 48.2 Å². The molecule has 6 rings (SSSR count). The van der Waals surface area contributed by atoms with Gasteiger partial charge in [-0.2, -0.15) is 0 Å². The summed E-state index contributed by atoms with van der Waals surface area (Å²) in [7, 11) is 1.67. The summed E-state index contributed by atoms with van der Waals surface area (Å²) in [5, 5.41) is 21.2. The molecule has 3 aliphatic heterocycles. The first-order chi connectivity index (χ1) is 16.4. The van der Waals surface area contributed by atoms with Crippen molar-refractivity contribution in [2.24, 2.45) is 11.8 Å². The predicted octanol–water partition coefficient (Wildman–Crippen LogP) is 5.44. The lowest BCUT2D eigenvalue weighted by Crippen LogP contribution is -2.55. The molecule has 34 heavy (non-hydrogen) atoms. The highest BCUT2D eigenvalue weighted by atomic mass is 35.5. The molecule has 0 amide bonds. The van der Waals surface area contributed by atoms with E-state index in [0.717, 1.165) is 53.6 Å². The van der Waals surface area contributed by atoms with Gasteiger partial charge in [0.25, 0.3) is 0 Å². The van der Waals surface area contributed by atoms with E-state index in [1.165, 1.54) is 25.0 Å². The van der Waals surface area contributed by atoms with Crippen molar-refractivity contribution in [3.63, 3.8) is 0 Å². The molecule has 0 saturated carbocycles. The number of benzene rings is 2. The highest BCUT2D eigenvalue weighted by molar-refractivity contribution is 6.30. The van der Waals surface area contributed by atoms with Gasteiger partial charge in [0.1, 0.15) is 5.75 Å². The molecule has 2 bridgehead atoms. The van der Waals surface area contributed by atoms with Gasteiger partial charge in [-0.05, 0) is 85.3 Å². The van der Waals surface area contributed by atoms with Gasteiger partial charge in [0.15, 0.2) is 0 Å². The van der Waals surface area contributed by atoms with Crippen molar-refractivity contribution >= 4 is 28.5 Å². The third kappa shape index (κ3) is 5.19. The van der Waals surface area contributed by atoms with Gasteiger partial charge in [0.05, 0.1) is 24.3 Å². The largest absolute Gasteiger partial charge is 0.497 e.